The highest BCUT2D eigenvalue weighted by Gasteiger charge is 2.34. The first kappa shape index (κ1) is 20.4. The van der Waals surface area contributed by atoms with E-state index in [1.54, 1.807) is 0 Å². The fraction of sp³-hybridized carbons (Fsp3) is 0.235. The first-order chi connectivity index (χ1) is 12.5. The Morgan fingerprint density at radius 3 is 2.07 bits per heavy atom. The van der Waals surface area contributed by atoms with Gasteiger partial charge in [-0.05, 0) is 30.7 Å². The summed E-state index contributed by atoms with van der Waals surface area (Å²) in [4.78, 5) is 11.8. The maximum atomic E-state index is 12.7. The molecule has 27 heavy (non-hydrogen) atoms. The molecule has 10 heteroatoms. The highest BCUT2D eigenvalue weighted by atomic mass is 19.4. The molecule has 0 amide bonds. The van der Waals surface area contributed by atoms with Crippen LogP contribution in [0, 0.1) is 0 Å². The predicted octanol–water partition coefficient (Wildman–Crippen LogP) is 5.33. The lowest BCUT2D eigenvalue weighted by Crippen LogP contribution is -2.20. The number of halogens is 6. The number of ether oxygens (including phenoxy) is 3. The van der Waals surface area contributed by atoms with Gasteiger partial charge in [-0.2, -0.15) is 0 Å². The molecule has 2 rings (SSSR count). The SMILES string of the molecule is CCOC(=O)c1ccc(-c2ccccc2OC(F)(F)F)cc1OC(F)(F)F. The lowest BCUT2D eigenvalue weighted by Gasteiger charge is -2.16. The zero-order chi connectivity index (χ0) is 20.2. The van der Waals surface area contributed by atoms with E-state index in [1.807, 2.05) is 0 Å². The van der Waals surface area contributed by atoms with Crippen LogP contribution in [0.25, 0.3) is 11.1 Å². The number of hydrogen-bond acceptors (Lipinski definition) is 4. The number of alkyl halides is 6. The van der Waals surface area contributed by atoms with E-state index in [-0.39, 0.29) is 17.7 Å². The second-order valence-electron chi connectivity index (χ2n) is 5.02. The van der Waals surface area contributed by atoms with Gasteiger partial charge in [-0.15, -0.1) is 26.3 Å². The van der Waals surface area contributed by atoms with Crippen LogP contribution in [0.2, 0.25) is 0 Å². The van der Waals surface area contributed by atoms with E-state index >= 15 is 0 Å². The van der Waals surface area contributed by atoms with Gasteiger partial charge in [-0.3, -0.25) is 0 Å². The molecule has 2 aromatic carbocycles. The summed E-state index contributed by atoms with van der Waals surface area (Å²) in [6.07, 6.45) is -10.1. The number of esters is 1. The van der Waals surface area contributed by atoms with E-state index in [1.165, 1.54) is 25.1 Å². The molecule has 0 aliphatic carbocycles. The molecular formula is C17H12F6O4. The van der Waals surface area contributed by atoms with Crippen molar-refractivity contribution in [1.29, 1.82) is 0 Å². The maximum absolute atomic E-state index is 12.7. The Hall–Kier alpha value is -2.91. The molecular weight excluding hydrogens is 382 g/mol. The summed E-state index contributed by atoms with van der Waals surface area (Å²) in [5.74, 6) is -2.59. The van der Waals surface area contributed by atoms with Crippen LogP contribution in [0.5, 0.6) is 11.5 Å². The first-order valence-electron chi connectivity index (χ1n) is 7.42. The Balaban J connectivity index is 2.53. The quantitative estimate of drug-likeness (QED) is 0.508. The van der Waals surface area contributed by atoms with Crippen LogP contribution in [-0.4, -0.2) is 25.3 Å². The van der Waals surface area contributed by atoms with E-state index in [0.29, 0.717) is 0 Å². The molecule has 0 radical (unpaired) electrons. The van der Waals surface area contributed by atoms with E-state index in [9.17, 15) is 31.1 Å². The summed E-state index contributed by atoms with van der Waals surface area (Å²) in [5, 5.41) is 0. The van der Waals surface area contributed by atoms with Crippen molar-refractivity contribution in [3.05, 3.63) is 48.0 Å². The molecule has 0 saturated carbocycles. The molecule has 2 aromatic rings. The molecule has 146 valence electrons. The molecule has 0 unspecified atom stereocenters. The van der Waals surface area contributed by atoms with Crippen molar-refractivity contribution in [1.82, 2.24) is 0 Å². The van der Waals surface area contributed by atoms with Crippen LogP contribution in [0.1, 0.15) is 17.3 Å². The molecule has 0 fully saturated rings. The average molecular weight is 394 g/mol. The molecule has 0 aliphatic rings. The van der Waals surface area contributed by atoms with Gasteiger partial charge in [0.25, 0.3) is 0 Å². The number of benzene rings is 2. The minimum Gasteiger partial charge on any atom is -0.462 e. The molecule has 0 heterocycles. The van der Waals surface area contributed by atoms with Crippen molar-refractivity contribution < 1.29 is 45.3 Å². The topological polar surface area (TPSA) is 44.8 Å². The van der Waals surface area contributed by atoms with E-state index in [4.69, 9.17) is 0 Å². The van der Waals surface area contributed by atoms with E-state index in [2.05, 4.69) is 14.2 Å². The highest BCUT2D eigenvalue weighted by molar-refractivity contribution is 5.93. The minimum atomic E-state index is -5.12. The lowest BCUT2D eigenvalue weighted by atomic mass is 10.0. The zero-order valence-electron chi connectivity index (χ0n) is 13.6. The van der Waals surface area contributed by atoms with Crippen LogP contribution in [0.15, 0.2) is 42.5 Å². The summed E-state index contributed by atoms with van der Waals surface area (Å²) < 4.78 is 88.0. The lowest BCUT2D eigenvalue weighted by molar-refractivity contribution is -0.275. The van der Waals surface area contributed by atoms with Crippen molar-refractivity contribution in [3.8, 4) is 22.6 Å². The fourth-order valence-corrected chi connectivity index (χ4v) is 2.20. The van der Waals surface area contributed by atoms with Crippen LogP contribution < -0.4 is 9.47 Å². The second kappa shape index (κ2) is 7.77. The van der Waals surface area contributed by atoms with Gasteiger partial charge < -0.3 is 14.2 Å². The zero-order valence-corrected chi connectivity index (χ0v) is 13.6. The number of hydrogen-bond donors (Lipinski definition) is 0. The minimum absolute atomic E-state index is 0.0813. The van der Waals surface area contributed by atoms with Gasteiger partial charge in [0, 0.05) is 5.56 Å². The molecule has 0 N–H and O–H groups in total. The monoisotopic (exact) mass is 394 g/mol. The van der Waals surface area contributed by atoms with Gasteiger partial charge in [0.2, 0.25) is 0 Å². The third-order valence-electron chi connectivity index (χ3n) is 3.13. The molecule has 0 saturated heterocycles. The van der Waals surface area contributed by atoms with Crippen LogP contribution in [-0.2, 0) is 4.74 Å². The third-order valence-corrected chi connectivity index (χ3v) is 3.13. The molecule has 0 aromatic heterocycles. The van der Waals surface area contributed by atoms with Crippen molar-refractivity contribution in [3.63, 3.8) is 0 Å². The Bertz CT molecular complexity index is 814. The van der Waals surface area contributed by atoms with Gasteiger partial charge in [-0.25, -0.2) is 4.79 Å². The van der Waals surface area contributed by atoms with Gasteiger partial charge in [0.05, 0.1) is 6.61 Å². The molecule has 0 atom stereocenters. The van der Waals surface area contributed by atoms with Crippen molar-refractivity contribution in [2.45, 2.75) is 19.6 Å². The Morgan fingerprint density at radius 1 is 0.889 bits per heavy atom. The summed E-state index contributed by atoms with van der Waals surface area (Å²) in [7, 11) is 0. The molecule has 4 nitrogen and oxygen atoms in total. The summed E-state index contributed by atoms with van der Waals surface area (Å²) in [6, 6.07) is 7.79. The number of carbonyl (C=O) groups is 1. The van der Waals surface area contributed by atoms with Crippen LogP contribution in [0.3, 0.4) is 0 Å². The molecule has 0 bridgehead atoms. The standard InChI is InChI=1S/C17H12F6O4/c1-2-25-15(24)12-8-7-10(9-14(12)27-17(21,22)23)11-5-3-4-6-13(11)26-16(18,19)20/h3-9H,2H2,1H3. The maximum Gasteiger partial charge on any atom is 0.573 e. The summed E-state index contributed by atoms with van der Waals surface area (Å²) >= 11 is 0. The van der Waals surface area contributed by atoms with Gasteiger partial charge in [-0.1, -0.05) is 24.3 Å². The van der Waals surface area contributed by atoms with Crippen molar-refractivity contribution in [2.75, 3.05) is 6.61 Å². The van der Waals surface area contributed by atoms with Crippen molar-refractivity contribution in [2.24, 2.45) is 0 Å². The van der Waals surface area contributed by atoms with Crippen LogP contribution >= 0.6 is 0 Å². The predicted molar refractivity (Wildman–Crippen MR) is 81.2 cm³/mol. The first-order valence-corrected chi connectivity index (χ1v) is 7.42. The van der Waals surface area contributed by atoms with E-state index < -0.39 is 35.8 Å². The fourth-order valence-electron chi connectivity index (χ4n) is 2.20. The van der Waals surface area contributed by atoms with Crippen molar-refractivity contribution >= 4 is 5.97 Å². The van der Waals surface area contributed by atoms with Gasteiger partial charge >= 0.3 is 18.7 Å². The van der Waals surface area contributed by atoms with Gasteiger partial charge in [0.15, 0.2) is 0 Å². The third kappa shape index (κ3) is 5.80. The van der Waals surface area contributed by atoms with E-state index in [0.717, 1.165) is 24.3 Å². The Labute approximate surface area is 149 Å². The normalized spacial score (nSPS) is 11.8. The summed E-state index contributed by atoms with van der Waals surface area (Å²) in [6.45, 7) is 1.37. The molecule has 0 aliphatic heterocycles. The number of rotatable bonds is 5. The number of carbonyl (C=O) groups excluding carboxylic acids is 1. The largest absolute Gasteiger partial charge is 0.573 e. The average Bonchev–Trinajstić information content (AvgIpc) is 2.52. The second-order valence-corrected chi connectivity index (χ2v) is 5.02. The van der Waals surface area contributed by atoms with Crippen LogP contribution in [0.4, 0.5) is 26.3 Å². The highest BCUT2D eigenvalue weighted by Crippen LogP contribution is 2.37. The summed E-state index contributed by atoms with van der Waals surface area (Å²) in [5.41, 5.74) is -0.744. The smallest absolute Gasteiger partial charge is 0.462 e. The number of para-hydroxylation sites is 1. The Kier molecular flexibility index (Phi) is 5.87. The van der Waals surface area contributed by atoms with Gasteiger partial charge in [0.1, 0.15) is 17.1 Å². The Morgan fingerprint density at radius 2 is 1.48 bits per heavy atom. The molecule has 0 spiro atoms.